The lowest BCUT2D eigenvalue weighted by molar-refractivity contribution is -0.251. The van der Waals surface area contributed by atoms with Gasteiger partial charge in [-0.25, -0.2) is 0 Å². The molecule has 1 aliphatic rings. The van der Waals surface area contributed by atoms with Crippen LogP contribution >= 0.6 is 12.2 Å². The number of ether oxygens (including phenoxy) is 2. The van der Waals surface area contributed by atoms with Crippen LogP contribution in [0.25, 0.3) is 0 Å². The average Bonchev–Trinajstić information content (AvgIpc) is 2.46. The highest BCUT2D eigenvalue weighted by molar-refractivity contribution is 7.71. The third-order valence-electron chi connectivity index (χ3n) is 3.15. The van der Waals surface area contributed by atoms with E-state index >= 15 is 0 Å². The molecular weight excluding hydrogens is 288 g/mol. The average molecular weight is 304 g/mol. The highest BCUT2D eigenvalue weighted by Gasteiger charge is 2.44. The topological polar surface area (TPSA) is 117 Å². The van der Waals surface area contributed by atoms with Crippen LogP contribution in [0.4, 0.5) is 0 Å². The third kappa shape index (κ3) is 2.68. The highest BCUT2D eigenvalue weighted by atomic mass is 32.1. The monoisotopic (exact) mass is 304 g/mol. The summed E-state index contributed by atoms with van der Waals surface area (Å²) in [5.74, 6) is 0.302. The molecule has 1 aromatic heterocycles. The molecule has 8 nitrogen and oxygen atoms in total. The number of aliphatic hydroxyl groups excluding tert-OH is 4. The van der Waals surface area contributed by atoms with Crippen LogP contribution in [0.3, 0.4) is 0 Å². The number of methoxy groups -OCH3 is 1. The molecule has 1 saturated heterocycles. The van der Waals surface area contributed by atoms with Crippen molar-refractivity contribution >= 4 is 12.2 Å². The summed E-state index contributed by atoms with van der Waals surface area (Å²) in [6, 6.07) is 1.51. The van der Waals surface area contributed by atoms with E-state index in [2.05, 4.69) is 4.98 Å². The van der Waals surface area contributed by atoms with Gasteiger partial charge in [-0.2, -0.15) is 4.98 Å². The van der Waals surface area contributed by atoms with Crippen molar-refractivity contribution in [2.24, 2.45) is 0 Å². The minimum Gasteiger partial charge on any atom is -0.481 e. The summed E-state index contributed by atoms with van der Waals surface area (Å²) in [5, 5.41) is 38.6. The van der Waals surface area contributed by atoms with Gasteiger partial charge < -0.3 is 29.9 Å². The molecule has 0 saturated carbocycles. The largest absolute Gasteiger partial charge is 0.481 e. The van der Waals surface area contributed by atoms with E-state index < -0.39 is 37.3 Å². The number of rotatable bonds is 3. The summed E-state index contributed by atoms with van der Waals surface area (Å²) in [4.78, 5) is 3.95. The lowest BCUT2D eigenvalue weighted by Crippen LogP contribution is -2.56. The number of aromatic nitrogens is 2. The van der Waals surface area contributed by atoms with Crippen LogP contribution < -0.4 is 4.74 Å². The van der Waals surface area contributed by atoms with Crippen molar-refractivity contribution < 1.29 is 29.9 Å². The fraction of sp³-hybridized carbons (Fsp3) is 0.636. The van der Waals surface area contributed by atoms with Crippen molar-refractivity contribution in [2.45, 2.75) is 30.6 Å². The van der Waals surface area contributed by atoms with Gasteiger partial charge in [0.05, 0.1) is 13.7 Å². The standard InChI is InChI=1S/C11H16N2O6S/c1-18-6-2-3-13(11(20)12-6)10-9(17)8(16)7(15)5(4-14)19-10/h2-3,5,7-10,14-17H,4H2,1H3/t5?,7-,8?,9+,10+/m1/s1. The lowest BCUT2D eigenvalue weighted by atomic mass is 9.98. The smallest absolute Gasteiger partial charge is 0.217 e. The molecule has 0 spiro atoms. The van der Waals surface area contributed by atoms with E-state index in [4.69, 9.17) is 26.8 Å². The fourth-order valence-corrected chi connectivity index (χ4v) is 2.27. The van der Waals surface area contributed by atoms with E-state index in [1.165, 1.54) is 23.9 Å². The second-order valence-electron chi connectivity index (χ2n) is 4.38. The van der Waals surface area contributed by atoms with Crippen molar-refractivity contribution in [2.75, 3.05) is 13.7 Å². The van der Waals surface area contributed by atoms with Crippen LogP contribution in [0, 0.1) is 4.77 Å². The summed E-state index contributed by atoms with van der Waals surface area (Å²) in [7, 11) is 1.44. The van der Waals surface area contributed by atoms with Crippen LogP contribution in [0.2, 0.25) is 0 Å². The zero-order chi connectivity index (χ0) is 14.9. The molecule has 9 heteroatoms. The van der Waals surface area contributed by atoms with Crippen LogP contribution in [-0.4, -0.2) is 68.1 Å². The van der Waals surface area contributed by atoms with Gasteiger partial charge in [0, 0.05) is 12.3 Å². The van der Waals surface area contributed by atoms with E-state index in [1.807, 2.05) is 0 Å². The molecule has 20 heavy (non-hydrogen) atoms. The summed E-state index contributed by atoms with van der Waals surface area (Å²) >= 11 is 5.06. The Morgan fingerprint density at radius 3 is 2.60 bits per heavy atom. The molecular formula is C11H16N2O6S. The predicted octanol–water partition coefficient (Wildman–Crippen LogP) is -1.41. The van der Waals surface area contributed by atoms with Gasteiger partial charge in [-0.3, -0.25) is 4.57 Å². The van der Waals surface area contributed by atoms with E-state index in [0.29, 0.717) is 5.88 Å². The predicted molar refractivity (Wildman–Crippen MR) is 68.6 cm³/mol. The van der Waals surface area contributed by atoms with E-state index in [-0.39, 0.29) is 4.77 Å². The Hall–Kier alpha value is -1.10. The molecule has 1 aromatic rings. The number of hydrogen-bond acceptors (Lipinski definition) is 8. The maximum absolute atomic E-state index is 9.98. The van der Waals surface area contributed by atoms with Crippen molar-refractivity contribution in [3.63, 3.8) is 0 Å². The molecule has 2 heterocycles. The van der Waals surface area contributed by atoms with Gasteiger partial charge >= 0.3 is 0 Å². The Kier molecular flexibility index (Phi) is 4.68. The first-order valence-electron chi connectivity index (χ1n) is 5.93. The maximum atomic E-state index is 9.98. The molecule has 0 amide bonds. The first kappa shape index (κ1) is 15.3. The maximum Gasteiger partial charge on any atom is 0.217 e. The molecule has 2 rings (SSSR count). The minimum atomic E-state index is -1.46. The molecule has 0 aliphatic carbocycles. The van der Waals surface area contributed by atoms with Gasteiger partial charge in [0.1, 0.15) is 24.4 Å². The number of aliphatic hydroxyl groups is 4. The third-order valence-corrected chi connectivity index (χ3v) is 3.46. The lowest BCUT2D eigenvalue weighted by Gasteiger charge is -2.40. The van der Waals surface area contributed by atoms with Crippen LogP contribution in [0.15, 0.2) is 12.3 Å². The zero-order valence-corrected chi connectivity index (χ0v) is 11.5. The van der Waals surface area contributed by atoms with Gasteiger partial charge in [0.25, 0.3) is 0 Å². The zero-order valence-electron chi connectivity index (χ0n) is 10.7. The van der Waals surface area contributed by atoms with Gasteiger partial charge in [-0.05, 0) is 12.2 Å². The normalized spacial score (nSPS) is 34.0. The Morgan fingerprint density at radius 2 is 2.05 bits per heavy atom. The molecule has 4 N–H and O–H groups in total. The molecule has 5 atom stereocenters. The summed E-state index contributed by atoms with van der Waals surface area (Å²) < 4.78 is 11.7. The number of nitrogens with zero attached hydrogens (tertiary/aromatic N) is 2. The van der Waals surface area contributed by atoms with Crippen molar-refractivity contribution in [3.8, 4) is 5.88 Å². The second-order valence-corrected chi connectivity index (χ2v) is 4.74. The SMILES string of the molecule is COc1ccn([C@H]2OC(CO)[C@@H](O)C(O)[C@@H]2O)c(=S)n1. The Bertz CT molecular complexity index is 522. The van der Waals surface area contributed by atoms with Gasteiger partial charge in [0.15, 0.2) is 6.23 Å². The molecule has 1 aliphatic heterocycles. The molecule has 2 unspecified atom stereocenters. The Balaban J connectivity index is 2.33. The molecule has 0 aromatic carbocycles. The van der Waals surface area contributed by atoms with Crippen molar-refractivity contribution in [1.29, 1.82) is 0 Å². The van der Waals surface area contributed by atoms with E-state index in [1.54, 1.807) is 0 Å². The molecule has 0 bridgehead atoms. The Labute approximate surface area is 119 Å². The molecule has 112 valence electrons. The van der Waals surface area contributed by atoms with Gasteiger partial charge in [0.2, 0.25) is 10.7 Å². The van der Waals surface area contributed by atoms with Gasteiger partial charge in [-0.1, -0.05) is 0 Å². The summed E-state index contributed by atoms with van der Waals surface area (Å²) in [6.45, 7) is -0.502. The summed E-state index contributed by atoms with van der Waals surface area (Å²) in [5.41, 5.74) is 0. The number of hydrogen-bond donors (Lipinski definition) is 4. The van der Waals surface area contributed by atoms with Gasteiger partial charge in [-0.15, -0.1) is 0 Å². The van der Waals surface area contributed by atoms with E-state index in [9.17, 15) is 15.3 Å². The first-order valence-corrected chi connectivity index (χ1v) is 6.34. The van der Waals surface area contributed by atoms with Crippen LogP contribution in [-0.2, 0) is 4.74 Å². The quantitative estimate of drug-likeness (QED) is 0.503. The molecule has 0 radical (unpaired) electrons. The second kappa shape index (κ2) is 6.12. The van der Waals surface area contributed by atoms with Crippen molar-refractivity contribution in [1.82, 2.24) is 9.55 Å². The van der Waals surface area contributed by atoms with E-state index in [0.717, 1.165) is 0 Å². The minimum absolute atomic E-state index is 0.0775. The fourth-order valence-electron chi connectivity index (χ4n) is 2.02. The molecule has 1 fully saturated rings. The highest BCUT2D eigenvalue weighted by Crippen LogP contribution is 2.28. The first-order chi connectivity index (χ1) is 9.49. The van der Waals surface area contributed by atoms with Crippen molar-refractivity contribution in [3.05, 3.63) is 17.0 Å². The van der Waals surface area contributed by atoms with Crippen LogP contribution in [0.5, 0.6) is 5.88 Å². The van der Waals surface area contributed by atoms with Crippen LogP contribution in [0.1, 0.15) is 6.23 Å². The summed E-state index contributed by atoms with van der Waals surface area (Å²) in [6.07, 6.45) is -4.85. The Morgan fingerprint density at radius 1 is 1.35 bits per heavy atom.